The number of carbonyl (C=O) groups is 2. The second kappa shape index (κ2) is 6.91. The van der Waals surface area contributed by atoms with E-state index in [0.717, 1.165) is 11.3 Å². The van der Waals surface area contributed by atoms with Gasteiger partial charge in [-0.15, -0.1) is 0 Å². The first-order valence-corrected chi connectivity index (χ1v) is 10.3. The van der Waals surface area contributed by atoms with Gasteiger partial charge in [-0.05, 0) is 46.7 Å². The van der Waals surface area contributed by atoms with E-state index in [2.05, 4.69) is 4.98 Å². The Kier molecular flexibility index (Phi) is 4.24. The van der Waals surface area contributed by atoms with Gasteiger partial charge in [0.15, 0.2) is 0 Å². The molecule has 5 rings (SSSR count). The topological polar surface area (TPSA) is 58.4 Å². The van der Waals surface area contributed by atoms with Gasteiger partial charge in [0.05, 0.1) is 30.7 Å². The van der Waals surface area contributed by atoms with E-state index in [-0.39, 0.29) is 23.9 Å². The van der Waals surface area contributed by atoms with Crippen molar-refractivity contribution >= 4 is 23.2 Å². The number of hydrogen-bond donors (Lipinski definition) is 0. The van der Waals surface area contributed by atoms with Crippen molar-refractivity contribution in [3.63, 3.8) is 0 Å². The maximum Gasteiger partial charge on any atom is 0.271 e. The highest BCUT2D eigenvalue weighted by atomic mass is 32.1. The van der Waals surface area contributed by atoms with Gasteiger partial charge in [-0.1, -0.05) is 6.07 Å². The van der Waals surface area contributed by atoms with Gasteiger partial charge < -0.3 is 14.4 Å². The second-order valence-corrected chi connectivity index (χ2v) is 8.08. The summed E-state index contributed by atoms with van der Waals surface area (Å²) >= 11 is 1.60. The molecular weight excluding hydrogens is 372 g/mol. The van der Waals surface area contributed by atoms with Crippen molar-refractivity contribution in [1.29, 1.82) is 0 Å². The molecule has 7 heteroatoms. The summed E-state index contributed by atoms with van der Waals surface area (Å²) in [5, 5.41) is 4.01. The van der Waals surface area contributed by atoms with Crippen LogP contribution in [0.5, 0.6) is 0 Å². The molecule has 142 valence electrons. The third-order valence-electron chi connectivity index (χ3n) is 5.62. The van der Waals surface area contributed by atoms with Crippen LogP contribution in [-0.2, 0) is 17.8 Å². The monoisotopic (exact) mass is 392 g/mol. The lowest BCUT2D eigenvalue weighted by atomic mass is 10.1. The molecule has 2 amide bonds. The van der Waals surface area contributed by atoms with Crippen LogP contribution in [0.2, 0.25) is 0 Å². The molecule has 3 aromatic heterocycles. The molecule has 0 spiro atoms. The highest BCUT2D eigenvalue weighted by Gasteiger charge is 2.46. The first-order chi connectivity index (χ1) is 13.7. The lowest BCUT2D eigenvalue weighted by molar-refractivity contribution is -0.129. The van der Waals surface area contributed by atoms with E-state index in [1.54, 1.807) is 17.5 Å². The van der Waals surface area contributed by atoms with Crippen molar-refractivity contribution in [2.75, 3.05) is 13.1 Å². The summed E-state index contributed by atoms with van der Waals surface area (Å²) in [7, 11) is 0. The number of carbonyl (C=O) groups excluding carboxylic acids is 2. The third kappa shape index (κ3) is 2.92. The molecule has 0 bridgehead atoms. The SMILES string of the molecule is O=C(Cc1ccsc1)N1C[C@@H]2[C@H](C1)N(Cc1ccccn1)C(=O)c1cccn12. The molecule has 3 aromatic rings. The van der Waals surface area contributed by atoms with Crippen LogP contribution in [0.4, 0.5) is 0 Å². The Morgan fingerprint density at radius 1 is 1.14 bits per heavy atom. The summed E-state index contributed by atoms with van der Waals surface area (Å²) in [5.41, 5.74) is 2.59. The lowest BCUT2D eigenvalue weighted by Gasteiger charge is -2.37. The van der Waals surface area contributed by atoms with Crippen LogP contribution in [0.1, 0.15) is 27.8 Å². The van der Waals surface area contributed by atoms with Crippen molar-refractivity contribution in [2.45, 2.75) is 25.0 Å². The van der Waals surface area contributed by atoms with Gasteiger partial charge in [-0.3, -0.25) is 14.6 Å². The fourth-order valence-corrected chi connectivity index (χ4v) is 4.92. The third-order valence-corrected chi connectivity index (χ3v) is 6.35. The minimum atomic E-state index is -0.0409. The van der Waals surface area contributed by atoms with E-state index in [0.29, 0.717) is 31.7 Å². The predicted octanol–water partition coefficient (Wildman–Crippen LogP) is 2.60. The summed E-state index contributed by atoms with van der Waals surface area (Å²) < 4.78 is 2.04. The molecule has 1 saturated heterocycles. The number of amides is 2. The van der Waals surface area contributed by atoms with Gasteiger partial charge in [0.2, 0.25) is 5.91 Å². The molecule has 0 saturated carbocycles. The van der Waals surface area contributed by atoms with Crippen molar-refractivity contribution in [3.05, 3.63) is 76.5 Å². The largest absolute Gasteiger partial charge is 0.338 e. The highest BCUT2D eigenvalue weighted by Crippen LogP contribution is 2.34. The highest BCUT2D eigenvalue weighted by molar-refractivity contribution is 7.08. The fourth-order valence-electron chi connectivity index (χ4n) is 4.25. The zero-order valence-electron chi connectivity index (χ0n) is 15.3. The molecule has 28 heavy (non-hydrogen) atoms. The van der Waals surface area contributed by atoms with Gasteiger partial charge in [-0.25, -0.2) is 0 Å². The zero-order chi connectivity index (χ0) is 19.1. The Morgan fingerprint density at radius 2 is 2.04 bits per heavy atom. The summed E-state index contributed by atoms with van der Waals surface area (Å²) in [5.74, 6) is 0.121. The zero-order valence-corrected chi connectivity index (χ0v) is 16.1. The minimum Gasteiger partial charge on any atom is -0.338 e. The van der Waals surface area contributed by atoms with Crippen LogP contribution in [0, 0.1) is 0 Å². The van der Waals surface area contributed by atoms with E-state index in [1.165, 1.54) is 0 Å². The van der Waals surface area contributed by atoms with Crippen LogP contribution in [-0.4, -0.2) is 50.3 Å². The molecule has 6 nitrogen and oxygen atoms in total. The molecule has 0 N–H and O–H groups in total. The normalized spacial score (nSPS) is 20.9. The number of pyridine rings is 1. The van der Waals surface area contributed by atoms with Crippen molar-refractivity contribution < 1.29 is 9.59 Å². The molecule has 0 aliphatic carbocycles. The Morgan fingerprint density at radius 3 is 2.82 bits per heavy atom. The predicted molar refractivity (Wildman–Crippen MR) is 106 cm³/mol. The summed E-state index contributed by atoms with van der Waals surface area (Å²) in [6.45, 7) is 1.64. The van der Waals surface area contributed by atoms with Crippen LogP contribution < -0.4 is 0 Å². The Hall–Kier alpha value is -2.93. The van der Waals surface area contributed by atoms with Gasteiger partial charge in [0, 0.05) is 25.5 Å². The number of rotatable bonds is 4. The first kappa shape index (κ1) is 17.2. The van der Waals surface area contributed by atoms with Gasteiger partial charge in [0.1, 0.15) is 5.69 Å². The van der Waals surface area contributed by atoms with Crippen molar-refractivity contribution in [1.82, 2.24) is 19.4 Å². The molecule has 1 fully saturated rings. The van der Waals surface area contributed by atoms with Crippen molar-refractivity contribution in [2.24, 2.45) is 0 Å². The summed E-state index contributed by atoms with van der Waals surface area (Å²) in [6, 6.07) is 11.5. The van der Waals surface area contributed by atoms with E-state index >= 15 is 0 Å². The average Bonchev–Trinajstić information content (AvgIpc) is 3.45. The molecule has 0 unspecified atom stereocenters. The lowest BCUT2D eigenvalue weighted by Crippen LogP contribution is -2.50. The molecule has 2 aliphatic heterocycles. The van der Waals surface area contributed by atoms with Gasteiger partial charge >= 0.3 is 0 Å². The number of nitrogens with zero attached hydrogens (tertiary/aromatic N) is 4. The van der Waals surface area contributed by atoms with E-state index in [4.69, 9.17) is 0 Å². The maximum absolute atomic E-state index is 13.1. The van der Waals surface area contributed by atoms with Crippen LogP contribution in [0.15, 0.2) is 59.6 Å². The Bertz CT molecular complexity index is 999. The smallest absolute Gasteiger partial charge is 0.271 e. The molecule has 2 aliphatic rings. The van der Waals surface area contributed by atoms with Gasteiger partial charge in [-0.2, -0.15) is 11.3 Å². The summed E-state index contributed by atoms with van der Waals surface area (Å²) in [4.78, 5) is 34.2. The van der Waals surface area contributed by atoms with E-state index in [9.17, 15) is 9.59 Å². The number of likely N-dealkylation sites (tertiary alicyclic amines) is 1. The minimum absolute atomic E-state index is 0.00374. The molecule has 2 atom stereocenters. The number of aromatic nitrogens is 2. The van der Waals surface area contributed by atoms with Crippen LogP contribution in [0.25, 0.3) is 0 Å². The average molecular weight is 392 g/mol. The van der Waals surface area contributed by atoms with Gasteiger partial charge in [0.25, 0.3) is 5.91 Å². The first-order valence-electron chi connectivity index (χ1n) is 9.37. The number of fused-ring (bicyclic) bond motifs is 3. The number of thiophene rings is 1. The Balaban J connectivity index is 1.42. The Labute approximate surface area is 167 Å². The standard InChI is InChI=1S/C21H20N4O2S/c26-20(10-15-6-9-28-14-15)23-12-18-19(13-23)25(11-16-4-1-2-7-22-16)21(27)17-5-3-8-24(17)18/h1-9,14,18-19H,10-13H2/t18-,19+/m1/s1. The van der Waals surface area contributed by atoms with Crippen LogP contribution >= 0.6 is 11.3 Å². The summed E-state index contributed by atoms with van der Waals surface area (Å²) in [6.07, 6.45) is 4.11. The molecular formula is C21H20N4O2S. The molecule has 5 heterocycles. The number of hydrogen-bond acceptors (Lipinski definition) is 4. The molecule has 0 aromatic carbocycles. The fraction of sp³-hybridized carbons (Fsp3) is 0.286. The quantitative estimate of drug-likeness (QED) is 0.686. The maximum atomic E-state index is 13.1. The second-order valence-electron chi connectivity index (χ2n) is 7.30. The van der Waals surface area contributed by atoms with E-state index in [1.807, 2.05) is 67.7 Å². The van der Waals surface area contributed by atoms with Crippen molar-refractivity contribution in [3.8, 4) is 0 Å². The molecule has 0 radical (unpaired) electrons. The van der Waals surface area contributed by atoms with E-state index < -0.39 is 0 Å². The van der Waals surface area contributed by atoms with Crippen LogP contribution in [0.3, 0.4) is 0 Å².